The highest BCUT2D eigenvalue weighted by Gasteiger charge is 2.38. The van der Waals surface area contributed by atoms with Gasteiger partial charge >= 0.3 is 18.1 Å². The Kier molecular flexibility index (Phi) is 8.22. The van der Waals surface area contributed by atoms with Gasteiger partial charge in [0, 0.05) is 29.9 Å². The first-order valence-corrected chi connectivity index (χ1v) is 9.56. The number of ether oxygens (including phenoxy) is 1. The van der Waals surface area contributed by atoms with Crippen LogP contribution in [-0.2, 0) is 9.53 Å². The van der Waals surface area contributed by atoms with Crippen molar-refractivity contribution >= 4 is 35.3 Å². The van der Waals surface area contributed by atoms with Crippen LogP contribution in [0.25, 0.3) is 0 Å². The number of hydrogen-bond acceptors (Lipinski definition) is 7. The fraction of sp³-hybridized carbons (Fsp3) is 0.368. The van der Waals surface area contributed by atoms with Crippen LogP contribution >= 0.6 is 11.6 Å². The second-order valence-electron chi connectivity index (χ2n) is 6.71. The number of aromatic carboxylic acids is 1. The molecule has 32 heavy (non-hydrogen) atoms. The number of anilines is 2. The minimum atomic E-state index is -5.08. The molecule has 1 saturated heterocycles. The van der Waals surface area contributed by atoms with E-state index in [1.54, 1.807) is 12.1 Å². The number of aromatic nitrogens is 2. The smallest absolute Gasteiger partial charge is 0.478 e. The zero-order chi connectivity index (χ0) is 24.1. The Bertz CT molecular complexity index is 970. The van der Waals surface area contributed by atoms with E-state index in [1.165, 1.54) is 6.07 Å². The standard InChI is InChI=1S/C17H19ClN4O3.C2HF3O2/c1-10-7-15(21-17(19)20-10)22-5-2-6-25-9-14(22)12-4-3-11(16(23)24)8-13(12)18;3-2(4,5)1(6)7/h3-4,7-8,14H,2,5-6,9H2,1H3,(H,23,24)(H2,19,20,21);(H,6,7). The molecule has 0 radical (unpaired) electrons. The van der Waals surface area contributed by atoms with Gasteiger partial charge in [-0.15, -0.1) is 0 Å². The highest BCUT2D eigenvalue weighted by Crippen LogP contribution is 2.33. The molecule has 0 aliphatic carbocycles. The molecule has 0 spiro atoms. The lowest BCUT2D eigenvalue weighted by molar-refractivity contribution is -0.192. The maximum atomic E-state index is 11.1. The number of carbonyl (C=O) groups is 2. The molecule has 1 aliphatic heterocycles. The normalized spacial score (nSPS) is 16.5. The summed E-state index contributed by atoms with van der Waals surface area (Å²) >= 11 is 6.37. The molecule has 2 aromatic rings. The molecule has 1 unspecified atom stereocenters. The van der Waals surface area contributed by atoms with Crippen LogP contribution in [0.15, 0.2) is 24.3 Å². The van der Waals surface area contributed by atoms with E-state index < -0.39 is 18.1 Å². The molecule has 1 atom stereocenters. The summed E-state index contributed by atoms with van der Waals surface area (Å²) in [6.45, 7) is 3.64. The minimum Gasteiger partial charge on any atom is -0.478 e. The van der Waals surface area contributed by atoms with Crippen LogP contribution in [0, 0.1) is 6.92 Å². The Morgan fingerprint density at radius 2 is 1.91 bits per heavy atom. The number of hydrogen-bond donors (Lipinski definition) is 3. The van der Waals surface area contributed by atoms with E-state index >= 15 is 0 Å². The summed E-state index contributed by atoms with van der Waals surface area (Å²) in [4.78, 5) is 30.6. The molecule has 13 heteroatoms. The number of aliphatic carboxylic acids is 1. The number of nitrogen functional groups attached to an aromatic ring is 1. The van der Waals surface area contributed by atoms with Crippen LogP contribution in [0.5, 0.6) is 0 Å². The van der Waals surface area contributed by atoms with Gasteiger partial charge in [-0.2, -0.15) is 18.2 Å². The fourth-order valence-corrected chi connectivity index (χ4v) is 3.27. The molecule has 3 rings (SSSR count). The Morgan fingerprint density at radius 3 is 2.44 bits per heavy atom. The van der Waals surface area contributed by atoms with Crippen molar-refractivity contribution in [3.63, 3.8) is 0 Å². The third-order valence-corrected chi connectivity index (χ3v) is 4.67. The van der Waals surface area contributed by atoms with Crippen LogP contribution in [0.3, 0.4) is 0 Å². The number of benzene rings is 1. The van der Waals surface area contributed by atoms with E-state index in [-0.39, 0.29) is 17.6 Å². The van der Waals surface area contributed by atoms with Crippen LogP contribution < -0.4 is 10.6 Å². The van der Waals surface area contributed by atoms with Gasteiger partial charge in [-0.1, -0.05) is 17.7 Å². The first-order chi connectivity index (χ1) is 14.9. The van der Waals surface area contributed by atoms with Gasteiger partial charge in [-0.05, 0) is 31.0 Å². The third kappa shape index (κ3) is 6.69. The van der Waals surface area contributed by atoms with Gasteiger partial charge in [0.05, 0.1) is 18.2 Å². The lowest BCUT2D eigenvalue weighted by atomic mass is 10.0. The first kappa shape index (κ1) is 25.1. The Hall–Kier alpha value is -3.12. The van der Waals surface area contributed by atoms with E-state index in [0.717, 1.165) is 24.2 Å². The number of nitrogens with zero attached hydrogens (tertiary/aromatic N) is 3. The van der Waals surface area contributed by atoms with Gasteiger partial charge in [0.15, 0.2) is 0 Å². The van der Waals surface area contributed by atoms with Crippen LogP contribution in [-0.4, -0.2) is 58.1 Å². The fourth-order valence-electron chi connectivity index (χ4n) is 2.96. The summed E-state index contributed by atoms with van der Waals surface area (Å²) in [5.41, 5.74) is 7.52. The molecular formula is C19H20ClF3N4O5. The lowest BCUT2D eigenvalue weighted by Gasteiger charge is -2.31. The minimum absolute atomic E-state index is 0.150. The number of carboxylic acids is 2. The van der Waals surface area contributed by atoms with Crippen molar-refractivity contribution in [1.82, 2.24) is 9.97 Å². The van der Waals surface area contributed by atoms with E-state index in [1.807, 2.05) is 13.0 Å². The number of halogens is 4. The molecule has 1 aliphatic rings. The second kappa shape index (κ2) is 10.5. The van der Waals surface area contributed by atoms with Gasteiger partial charge in [-0.25, -0.2) is 14.6 Å². The molecule has 9 nitrogen and oxygen atoms in total. The van der Waals surface area contributed by atoms with Gasteiger partial charge in [0.25, 0.3) is 0 Å². The van der Waals surface area contributed by atoms with E-state index in [0.29, 0.717) is 24.1 Å². The molecule has 1 aromatic heterocycles. The van der Waals surface area contributed by atoms with Crippen molar-refractivity contribution in [2.24, 2.45) is 0 Å². The third-order valence-electron chi connectivity index (χ3n) is 4.34. The number of carboxylic acid groups (broad SMARTS) is 2. The summed E-state index contributed by atoms with van der Waals surface area (Å²) in [5, 5.41) is 16.6. The van der Waals surface area contributed by atoms with Crippen molar-refractivity contribution in [2.45, 2.75) is 25.6 Å². The van der Waals surface area contributed by atoms with Crippen LogP contribution in [0.1, 0.15) is 34.1 Å². The van der Waals surface area contributed by atoms with E-state index in [4.69, 9.17) is 37.1 Å². The first-order valence-electron chi connectivity index (χ1n) is 9.18. The van der Waals surface area contributed by atoms with Gasteiger partial charge in [0.1, 0.15) is 5.82 Å². The Labute approximate surface area is 185 Å². The number of alkyl halides is 3. The number of aryl methyl sites for hydroxylation is 1. The van der Waals surface area contributed by atoms with Crippen molar-refractivity contribution in [1.29, 1.82) is 0 Å². The summed E-state index contributed by atoms with van der Waals surface area (Å²) < 4.78 is 37.5. The van der Waals surface area contributed by atoms with Crippen LogP contribution in [0.4, 0.5) is 24.9 Å². The predicted octanol–water partition coefficient (Wildman–Crippen LogP) is 3.32. The zero-order valence-corrected chi connectivity index (χ0v) is 17.5. The van der Waals surface area contributed by atoms with Crippen molar-refractivity contribution in [3.8, 4) is 0 Å². The second-order valence-corrected chi connectivity index (χ2v) is 7.11. The van der Waals surface area contributed by atoms with Crippen LogP contribution in [0.2, 0.25) is 5.02 Å². The summed E-state index contributed by atoms with van der Waals surface area (Å²) in [7, 11) is 0. The summed E-state index contributed by atoms with van der Waals surface area (Å²) in [6.07, 6.45) is -4.25. The zero-order valence-electron chi connectivity index (χ0n) is 16.8. The predicted molar refractivity (Wildman–Crippen MR) is 109 cm³/mol. The topological polar surface area (TPSA) is 139 Å². The molecule has 1 aromatic carbocycles. The van der Waals surface area contributed by atoms with Crippen molar-refractivity contribution in [3.05, 3.63) is 46.1 Å². The monoisotopic (exact) mass is 476 g/mol. The highest BCUT2D eigenvalue weighted by molar-refractivity contribution is 6.31. The van der Waals surface area contributed by atoms with E-state index in [2.05, 4.69) is 14.9 Å². The molecule has 0 amide bonds. The lowest BCUT2D eigenvalue weighted by Crippen LogP contribution is -2.32. The van der Waals surface area contributed by atoms with E-state index in [9.17, 15) is 18.0 Å². The molecular weight excluding hydrogens is 457 g/mol. The average molecular weight is 477 g/mol. The number of nitrogens with two attached hydrogens (primary N) is 1. The van der Waals surface area contributed by atoms with Gasteiger partial charge < -0.3 is 25.6 Å². The van der Waals surface area contributed by atoms with Crippen molar-refractivity contribution < 1.29 is 37.7 Å². The largest absolute Gasteiger partial charge is 0.490 e. The molecule has 1 fully saturated rings. The molecule has 174 valence electrons. The number of rotatable bonds is 3. The summed E-state index contributed by atoms with van der Waals surface area (Å²) in [5.74, 6) is -2.85. The Balaban J connectivity index is 0.000000451. The SMILES string of the molecule is Cc1cc(N2CCCOCC2c2ccc(C(=O)O)cc2Cl)nc(N)n1.O=C(O)C(F)(F)F. The molecule has 0 saturated carbocycles. The average Bonchev–Trinajstić information content (AvgIpc) is 2.92. The molecule has 4 N–H and O–H groups in total. The quantitative estimate of drug-likeness (QED) is 0.608. The maximum absolute atomic E-state index is 11.1. The van der Waals surface area contributed by atoms with Gasteiger partial charge in [0.2, 0.25) is 5.95 Å². The highest BCUT2D eigenvalue weighted by atomic mass is 35.5. The summed E-state index contributed by atoms with van der Waals surface area (Å²) in [6, 6.07) is 6.42. The molecule has 0 bridgehead atoms. The van der Waals surface area contributed by atoms with Gasteiger partial charge in [-0.3, -0.25) is 0 Å². The Morgan fingerprint density at radius 1 is 1.25 bits per heavy atom. The maximum Gasteiger partial charge on any atom is 0.490 e. The van der Waals surface area contributed by atoms with Crippen molar-refractivity contribution in [2.75, 3.05) is 30.4 Å². The molecule has 2 heterocycles.